The van der Waals surface area contributed by atoms with Crippen LogP contribution < -0.4 is 9.64 Å². The number of para-hydroxylation sites is 1. The predicted molar refractivity (Wildman–Crippen MR) is 68.7 cm³/mol. The Hall–Kier alpha value is -2.35. The van der Waals surface area contributed by atoms with E-state index in [2.05, 4.69) is 0 Å². The number of benzene rings is 1. The fraction of sp³-hybridized carbons (Fsp3) is 0.357. The van der Waals surface area contributed by atoms with E-state index in [0.29, 0.717) is 31.4 Å². The first-order valence-corrected chi connectivity index (χ1v) is 6.12. The Bertz CT molecular complexity index is 542. The second kappa shape index (κ2) is 5.53. The minimum absolute atomic E-state index is 0.267. The molecule has 5 heteroatoms. The smallest absolute Gasteiger partial charge is 0.233 e. The van der Waals surface area contributed by atoms with Gasteiger partial charge in [-0.1, -0.05) is 6.07 Å². The monoisotopic (exact) mass is 258 g/mol. The van der Waals surface area contributed by atoms with Gasteiger partial charge in [0.25, 0.3) is 0 Å². The van der Waals surface area contributed by atoms with Gasteiger partial charge >= 0.3 is 0 Å². The summed E-state index contributed by atoms with van der Waals surface area (Å²) in [6.07, 6.45) is 2.01. The predicted octanol–water partition coefficient (Wildman–Crippen LogP) is 2.00. The summed E-state index contributed by atoms with van der Waals surface area (Å²) in [5, 5.41) is 9.16. The van der Waals surface area contributed by atoms with E-state index in [-0.39, 0.29) is 23.1 Å². The summed E-state index contributed by atoms with van der Waals surface area (Å²) in [5.41, 5.74) is 0.535. The molecule has 0 aromatic heterocycles. The summed E-state index contributed by atoms with van der Waals surface area (Å²) in [6, 6.07) is 6.88. The number of methoxy groups -OCH3 is 1. The molecule has 1 aliphatic heterocycles. The molecule has 1 aromatic carbocycles. The van der Waals surface area contributed by atoms with E-state index in [9.17, 15) is 9.59 Å². The van der Waals surface area contributed by atoms with Crippen LogP contribution in [0.3, 0.4) is 0 Å². The largest absolute Gasteiger partial charge is 0.495 e. The maximum Gasteiger partial charge on any atom is 0.233 e. The van der Waals surface area contributed by atoms with Gasteiger partial charge in [-0.2, -0.15) is 5.26 Å². The number of hydrogen-bond acceptors (Lipinski definition) is 4. The van der Waals surface area contributed by atoms with Crippen molar-refractivity contribution < 1.29 is 14.3 Å². The summed E-state index contributed by atoms with van der Waals surface area (Å²) < 4.78 is 5.18. The van der Waals surface area contributed by atoms with Gasteiger partial charge in [0.1, 0.15) is 17.5 Å². The third-order valence-electron chi connectivity index (χ3n) is 3.09. The van der Waals surface area contributed by atoms with Crippen molar-refractivity contribution in [3.8, 4) is 11.8 Å². The molecule has 0 unspecified atom stereocenters. The van der Waals surface area contributed by atoms with E-state index < -0.39 is 0 Å². The minimum Gasteiger partial charge on any atom is -0.495 e. The molecule has 0 atom stereocenters. The van der Waals surface area contributed by atoms with Gasteiger partial charge in [-0.3, -0.25) is 9.59 Å². The van der Waals surface area contributed by atoms with E-state index >= 15 is 0 Å². The van der Waals surface area contributed by atoms with E-state index in [1.807, 2.05) is 6.07 Å². The number of hydrogen-bond donors (Lipinski definition) is 0. The standard InChI is InChI=1S/C14H14N2O3/c1-19-11-6-4-5-10(9-15)14(11)16-12(17)7-2-3-8-13(16)18/h4-6H,2-3,7-8H2,1H3. The maximum atomic E-state index is 12.1. The molecule has 1 aromatic rings. The molecule has 0 radical (unpaired) electrons. The first-order chi connectivity index (χ1) is 9.19. The topological polar surface area (TPSA) is 70.4 Å². The highest BCUT2D eigenvalue weighted by molar-refractivity contribution is 6.16. The van der Waals surface area contributed by atoms with E-state index in [1.165, 1.54) is 7.11 Å². The molecule has 98 valence electrons. The highest BCUT2D eigenvalue weighted by atomic mass is 16.5. The quantitative estimate of drug-likeness (QED) is 0.761. The summed E-state index contributed by atoms with van der Waals surface area (Å²) in [6.45, 7) is 0. The van der Waals surface area contributed by atoms with E-state index in [1.54, 1.807) is 18.2 Å². The lowest BCUT2D eigenvalue weighted by Crippen LogP contribution is -2.36. The number of rotatable bonds is 2. The lowest BCUT2D eigenvalue weighted by molar-refractivity contribution is -0.125. The van der Waals surface area contributed by atoms with Gasteiger partial charge in [0.05, 0.1) is 12.7 Å². The van der Waals surface area contributed by atoms with Crippen LogP contribution in [0.2, 0.25) is 0 Å². The summed E-state index contributed by atoms with van der Waals surface area (Å²) in [7, 11) is 1.45. The Morgan fingerprint density at radius 1 is 1.21 bits per heavy atom. The van der Waals surface area contributed by atoms with Crippen LogP contribution in [-0.4, -0.2) is 18.9 Å². The Morgan fingerprint density at radius 3 is 2.37 bits per heavy atom. The van der Waals surface area contributed by atoms with Crippen LogP contribution in [-0.2, 0) is 9.59 Å². The van der Waals surface area contributed by atoms with Crippen LogP contribution >= 0.6 is 0 Å². The molecule has 19 heavy (non-hydrogen) atoms. The first-order valence-electron chi connectivity index (χ1n) is 6.12. The second-order valence-electron chi connectivity index (χ2n) is 4.30. The van der Waals surface area contributed by atoms with Gasteiger partial charge in [0.15, 0.2) is 0 Å². The van der Waals surface area contributed by atoms with Crippen molar-refractivity contribution in [3.05, 3.63) is 23.8 Å². The fourth-order valence-electron chi connectivity index (χ4n) is 2.17. The number of ether oxygens (including phenoxy) is 1. The van der Waals surface area contributed by atoms with Crippen molar-refractivity contribution >= 4 is 17.5 Å². The average Bonchev–Trinajstić information content (AvgIpc) is 2.59. The van der Waals surface area contributed by atoms with Gasteiger partial charge in [0.2, 0.25) is 11.8 Å². The van der Waals surface area contributed by atoms with Gasteiger partial charge in [-0.15, -0.1) is 0 Å². The zero-order chi connectivity index (χ0) is 13.8. The summed E-state index contributed by atoms with van der Waals surface area (Å²) in [4.78, 5) is 25.3. The molecule has 1 saturated heterocycles. The molecule has 0 aliphatic carbocycles. The second-order valence-corrected chi connectivity index (χ2v) is 4.30. The number of amides is 2. The van der Waals surface area contributed by atoms with Gasteiger partial charge < -0.3 is 4.74 Å². The molecule has 1 aliphatic rings. The minimum atomic E-state index is -0.275. The SMILES string of the molecule is COc1cccc(C#N)c1N1C(=O)CCCCC1=O. The zero-order valence-electron chi connectivity index (χ0n) is 10.7. The van der Waals surface area contributed by atoms with Crippen molar-refractivity contribution in [1.29, 1.82) is 5.26 Å². The van der Waals surface area contributed by atoms with Crippen molar-refractivity contribution in [1.82, 2.24) is 0 Å². The Kier molecular flexibility index (Phi) is 3.81. The van der Waals surface area contributed by atoms with Crippen molar-refractivity contribution in [3.63, 3.8) is 0 Å². The van der Waals surface area contributed by atoms with Crippen LogP contribution in [0.15, 0.2) is 18.2 Å². The van der Waals surface area contributed by atoms with Crippen LogP contribution in [0.25, 0.3) is 0 Å². The molecule has 5 nitrogen and oxygen atoms in total. The van der Waals surface area contributed by atoms with E-state index in [0.717, 1.165) is 4.90 Å². The average molecular weight is 258 g/mol. The summed E-state index contributed by atoms with van der Waals surface area (Å²) >= 11 is 0. The van der Waals surface area contributed by atoms with Crippen molar-refractivity contribution in [2.75, 3.05) is 12.0 Å². The number of carbonyl (C=O) groups excluding carboxylic acids is 2. The number of carbonyl (C=O) groups is 2. The molecule has 2 amide bonds. The summed E-state index contributed by atoms with van der Waals surface area (Å²) in [5.74, 6) is -0.186. The maximum absolute atomic E-state index is 12.1. The van der Waals surface area contributed by atoms with Gasteiger partial charge in [-0.25, -0.2) is 4.90 Å². The molecule has 2 rings (SSSR count). The molecule has 0 N–H and O–H groups in total. The highest BCUT2D eigenvalue weighted by Crippen LogP contribution is 2.34. The first kappa shape index (κ1) is 13.1. The van der Waals surface area contributed by atoms with E-state index in [4.69, 9.17) is 10.00 Å². The molecule has 0 saturated carbocycles. The fourth-order valence-corrected chi connectivity index (χ4v) is 2.17. The normalized spacial score (nSPS) is 15.9. The molecule has 1 fully saturated rings. The van der Waals surface area contributed by atoms with Gasteiger partial charge in [-0.05, 0) is 25.0 Å². The molecular formula is C14H14N2O3. The third kappa shape index (κ3) is 2.43. The van der Waals surface area contributed by atoms with Crippen molar-refractivity contribution in [2.24, 2.45) is 0 Å². The molecule has 1 heterocycles. The van der Waals surface area contributed by atoms with Crippen LogP contribution in [0, 0.1) is 11.3 Å². The molecular weight excluding hydrogens is 244 g/mol. The number of anilines is 1. The van der Waals surface area contributed by atoms with Crippen LogP contribution in [0.1, 0.15) is 31.2 Å². The number of nitrogens with zero attached hydrogens (tertiary/aromatic N) is 2. The van der Waals surface area contributed by atoms with Crippen molar-refractivity contribution in [2.45, 2.75) is 25.7 Å². The number of imide groups is 1. The zero-order valence-corrected chi connectivity index (χ0v) is 10.7. The Morgan fingerprint density at radius 2 is 1.84 bits per heavy atom. The van der Waals surface area contributed by atoms with Gasteiger partial charge in [0, 0.05) is 12.8 Å². The third-order valence-corrected chi connectivity index (χ3v) is 3.09. The number of nitriles is 1. The molecule has 0 bridgehead atoms. The van der Waals surface area contributed by atoms with Crippen LogP contribution in [0.5, 0.6) is 5.75 Å². The lowest BCUT2D eigenvalue weighted by atomic mass is 10.1. The Balaban J connectivity index is 2.58. The molecule has 0 spiro atoms. The van der Waals surface area contributed by atoms with Crippen LogP contribution in [0.4, 0.5) is 5.69 Å². The lowest BCUT2D eigenvalue weighted by Gasteiger charge is -2.22. The highest BCUT2D eigenvalue weighted by Gasteiger charge is 2.30. The Labute approximate surface area is 111 Å².